The molecule has 0 spiro atoms. The lowest BCUT2D eigenvalue weighted by molar-refractivity contribution is 0.242. The largest absolute Gasteiger partial charge is 0.491 e. The van der Waals surface area contributed by atoms with E-state index in [9.17, 15) is 0 Å². The van der Waals surface area contributed by atoms with Crippen molar-refractivity contribution in [2.45, 2.75) is 52.8 Å². The van der Waals surface area contributed by atoms with Crippen LogP contribution in [0.4, 0.5) is 5.69 Å². The van der Waals surface area contributed by atoms with E-state index in [2.05, 4.69) is 70.9 Å². The predicted octanol–water partition coefficient (Wildman–Crippen LogP) is 6.16. The van der Waals surface area contributed by atoms with Gasteiger partial charge in [-0.3, -0.25) is 4.98 Å². The van der Waals surface area contributed by atoms with Gasteiger partial charge in [0.2, 0.25) is 0 Å². The van der Waals surface area contributed by atoms with Gasteiger partial charge in [-0.15, -0.1) is 0 Å². The summed E-state index contributed by atoms with van der Waals surface area (Å²) in [6, 6.07) is 20.3. The van der Waals surface area contributed by atoms with Crippen LogP contribution in [-0.2, 0) is 0 Å². The van der Waals surface area contributed by atoms with Gasteiger partial charge in [-0.05, 0) is 106 Å². The first-order chi connectivity index (χ1) is 17.3. The Kier molecular flexibility index (Phi) is 6.49. The summed E-state index contributed by atoms with van der Waals surface area (Å²) < 4.78 is 8.11. The van der Waals surface area contributed by atoms with Crippen LogP contribution in [0.15, 0.2) is 73.1 Å². The Balaban J connectivity index is 1.64. The van der Waals surface area contributed by atoms with Gasteiger partial charge in [0.1, 0.15) is 11.6 Å². The molecule has 7 heteroatoms. The number of thiocarbonyl (C=S) groups is 1. The molecule has 0 saturated carbocycles. The zero-order valence-electron chi connectivity index (χ0n) is 21.3. The number of hydrogen-bond donors (Lipinski definition) is 1. The molecule has 1 fully saturated rings. The Morgan fingerprint density at radius 2 is 1.69 bits per heavy atom. The van der Waals surface area contributed by atoms with E-state index in [-0.39, 0.29) is 18.2 Å². The minimum Gasteiger partial charge on any atom is -0.491 e. The van der Waals surface area contributed by atoms with Crippen molar-refractivity contribution in [2.24, 2.45) is 0 Å². The lowest BCUT2D eigenvalue weighted by Crippen LogP contribution is -2.29. The first-order valence-corrected chi connectivity index (χ1v) is 12.6. The summed E-state index contributed by atoms with van der Waals surface area (Å²) in [5, 5.41) is 4.23. The monoisotopic (exact) mass is 497 g/mol. The van der Waals surface area contributed by atoms with Crippen LogP contribution in [0.5, 0.6) is 5.75 Å². The highest BCUT2D eigenvalue weighted by Gasteiger charge is 2.42. The average Bonchev–Trinajstić information content (AvgIpc) is 3.35. The van der Waals surface area contributed by atoms with Gasteiger partial charge in [0, 0.05) is 29.5 Å². The van der Waals surface area contributed by atoms with Crippen molar-refractivity contribution in [1.29, 1.82) is 0 Å². The van der Waals surface area contributed by atoms with Crippen molar-refractivity contribution in [1.82, 2.24) is 19.9 Å². The molecule has 36 heavy (non-hydrogen) atoms. The number of nitrogens with one attached hydrogen (secondary N) is 1. The molecule has 0 amide bonds. The minimum atomic E-state index is -0.107. The predicted molar refractivity (Wildman–Crippen MR) is 148 cm³/mol. The fraction of sp³-hybridized carbons (Fsp3) is 0.276. The molecule has 0 unspecified atom stereocenters. The molecule has 2 atom stereocenters. The van der Waals surface area contributed by atoms with Crippen molar-refractivity contribution < 1.29 is 4.74 Å². The summed E-state index contributed by atoms with van der Waals surface area (Å²) in [6.07, 6.45) is 3.79. The number of benzene rings is 1. The van der Waals surface area contributed by atoms with Crippen molar-refractivity contribution >= 4 is 23.0 Å². The van der Waals surface area contributed by atoms with Crippen molar-refractivity contribution in [3.05, 3.63) is 101 Å². The van der Waals surface area contributed by atoms with Crippen molar-refractivity contribution in [3.63, 3.8) is 0 Å². The maximum atomic E-state index is 5.91. The van der Waals surface area contributed by atoms with Gasteiger partial charge in [0.15, 0.2) is 5.11 Å². The second-order valence-corrected chi connectivity index (χ2v) is 9.85. The normalized spacial score (nSPS) is 17.5. The van der Waals surface area contributed by atoms with Crippen LogP contribution in [0.3, 0.4) is 0 Å². The van der Waals surface area contributed by atoms with Gasteiger partial charge in [-0.2, -0.15) is 0 Å². The van der Waals surface area contributed by atoms with E-state index in [1.54, 1.807) is 0 Å². The Hall–Kier alpha value is -3.71. The Labute approximate surface area is 218 Å². The van der Waals surface area contributed by atoms with E-state index in [1.807, 2.05) is 56.6 Å². The second kappa shape index (κ2) is 9.74. The molecule has 4 aromatic rings. The third-order valence-electron chi connectivity index (χ3n) is 6.57. The number of hydrogen-bond acceptors (Lipinski definition) is 4. The highest BCUT2D eigenvalue weighted by atomic mass is 32.1. The molecule has 1 aliphatic rings. The van der Waals surface area contributed by atoms with E-state index in [0.717, 1.165) is 39.9 Å². The molecule has 5 rings (SSSR count). The number of rotatable bonds is 6. The summed E-state index contributed by atoms with van der Waals surface area (Å²) in [5.41, 5.74) is 6.53. The van der Waals surface area contributed by atoms with Gasteiger partial charge >= 0.3 is 0 Å². The highest BCUT2D eigenvalue weighted by Crippen LogP contribution is 2.44. The molecule has 1 aromatic carbocycles. The third-order valence-corrected chi connectivity index (χ3v) is 6.88. The van der Waals surface area contributed by atoms with Crippen molar-refractivity contribution in [3.8, 4) is 11.6 Å². The Morgan fingerprint density at radius 3 is 2.36 bits per heavy atom. The third kappa shape index (κ3) is 4.35. The average molecular weight is 498 g/mol. The molecule has 0 bridgehead atoms. The van der Waals surface area contributed by atoms with Crippen LogP contribution in [0.1, 0.15) is 54.1 Å². The Morgan fingerprint density at radius 1 is 0.944 bits per heavy atom. The maximum Gasteiger partial charge on any atom is 0.174 e. The second-order valence-electron chi connectivity index (χ2n) is 9.46. The molecule has 184 valence electrons. The van der Waals surface area contributed by atoms with E-state index < -0.39 is 0 Å². The first-order valence-electron chi connectivity index (χ1n) is 12.2. The van der Waals surface area contributed by atoms with Crippen LogP contribution in [0, 0.1) is 20.8 Å². The number of aromatic nitrogens is 3. The maximum absolute atomic E-state index is 5.91. The molecule has 1 saturated heterocycles. The van der Waals surface area contributed by atoms with Gasteiger partial charge in [-0.25, -0.2) is 4.98 Å². The number of nitrogens with zero attached hydrogens (tertiary/aromatic N) is 4. The number of anilines is 1. The van der Waals surface area contributed by atoms with Crippen LogP contribution in [0.25, 0.3) is 5.82 Å². The van der Waals surface area contributed by atoms with Crippen LogP contribution >= 0.6 is 12.2 Å². The fourth-order valence-electron chi connectivity index (χ4n) is 5.03. The Bertz CT molecular complexity index is 1380. The topological polar surface area (TPSA) is 55.2 Å². The molecule has 6 nitrogen and oxygen atoms in total. The fourth-order valence-corrected chi connectivity index (χ4v) is 5.38. The number of ether oxygens (including phenoxy) is 1. The standard InChI is InChI=1S/C29H31N5OS/c1-18(2)35-23-13-11-22(12-14-23)34-27(26(32-29(34)36)25-10-6-7-15-30-25)24-17-20(4)33(21(24)5)28-19(3)9-8-16-31-28/h6-18,26-27H,1-5H3,(H,32,36)/t26-,27+/m0/s1. The van der Waals surface area contributed by atoms with Gasteiger partial charge in [-0.1, -0.05) is 12.1 Å². The molecular weight excluding hydrogens is 466 g/mol. The summed E-state index contributed by atoms with van der Waals surface area (Å²) in [5.74, 6) is 1.79. The molecule has 1 N–H and O–H groups in total. The minimum absolute atomic E-state index is 0.0896. The van der Waals surface area contributed by atoms with E-state index in [0.29, 0.717) is 5.11 Å². The summed E-state index contributed by atoms with van der Waals surface area (Å²) >= 11 is 5.91. The van der Waals surface area contributed by atoms with Crippen molar-refractivity contribution in [2.75, 3.05) is 4.90 Å². The first kappa shape index (κ1) is 24.0. The molecule has 3 aromatic heterocycles. The lowest BCUT2D eigenvalue weighted by Gasteiger charge is -2.28. The molecule has 0 radical (unpaired) electrons. The molecular formula is C29H31N5OS. The van der Waals surface area contributed by atoms with E-state index >= 15 is 0 Å². The summed E-state index contributed by atoms with van der Waals surface area (Å²) in [4.78, 5) is 11.6. The van der Waals surface area contributed by atoms with Crippen LogP contribution in [0.2, 0.25) is 0 Å². The highest BCUT2D eigenvalue weighted by molar-refractivity contribution is 7.80. The smallest absolute Gasteiger partial charge is 0.174 e. The molecule has 0 aliphatic carbocycles. The molecule has 4 heterocycles. The zero-order valence-corrected chi connectivity index (χ0v) is 22.1. The SMILES string of the molecule is Cc1cccnc1-n1c(C)cc([C@@H]2[C@H](c3ccccn3)NC(=S)N2c2ccc(OC(C)C)cc2)c1C. The lowest BCUT2D eigenvalue weighted by atomic mass is 9.96. The van der Waals surface area contributed by atoms with Gasteiger partial charge < -0.3 is 19.5 Å². The number of aryl methyl sites for hydroxylation is 2. The van der Waals surface area contributed by atoms with Crippen LogP contribution in [-0.4, -0.2) is 25.8 Å². The number of pyridine rings is 2. The van der Waals surface area contributed by atoms with E-state index in [4.69, 9.17) is 21.9 Å². The van der Waals surface area contributed by atoms with Gasteiger partial charge in [0.05, 0.1) is 23.9 Å². The quantitative estimate of drug-likeness (QED) is 0.322. The van der Waals surface area contributed by atoms with E-state index in [1.165, 1.54) is 5.56 Å². The summed E-state index contributed by atoms with van der Waals surface area (Å²) in [6.45, 7) is 10.4. The zero-order chi connectivity index (χ0) is 25.4. The van der Waals surface area contributed by atoms with Gasteiger partial charge in [0.25, 0.3) is 0 Å². The summed E-state index contributed by atoms with van der Waals surface area (Å²) in [7, 11) is 0. The van der Waals surface area contributed by atoms with Crippen LogP contribution < -0.4 is 15.0 Å². The molecule has 1 aliphatic heterocycles.